The van der Waals surface area contributed by atoms with Gasteiger partial charge in [-0.15, -0.1) is 5.10 Å². The van der Waals surface area contributed by atoms with E-state index in [-0.39, 0.29) is 12.5 Å². The summed E-state index contributed by atoms with van der Waals surface area (Å²) in [6.07, 6.45) is 0. The van der Waals surface area contributed by atoms with Crippen LogP contribution >= 0.6 is 0 Å². The summed E-state index contributed by atoms with van der Waals surface area (Å²) in [5.41, 5.74) is 2.01. The molecule has 0 spiro atoms. The molecule has 8 nitrogen and oxygen atoms in total. The molecule has 0 unspecified atom stereocenters. The molecule has 2 heterocycles. The normalized spacial score (nSPS) is 12.8. The predicted octanol–water partition coefficient (Wildman–Crippen LogP) is 1.27. The Balaban J connectivity index is 1.40. The van der Waals surface area contributed by atoms with Gasteiger partial charge in [0.1, 0.15) is 24.2 Å². The second-order valence-corrected chi connectivity index (χ2v) is 5.13. The number of ether oxygens (including phenoxy) is 2. The number of nitrogens with zero attached hydrogens (tertiary/aromatic N) is 3. The summed E-state index contributed by atoms with van der Waals surface area (Å²) >= 11 is 0. The van der Waals surface area contributed by atoms with E-state index in [4.69, 9.17) is 14.3 Å². The van der Waals surface area contributed by atoms with E-state index in [1.807, 2.05) is 24.3 Å². The lowest BCUT2D eigenvalue weighted by Gasteiger charge is -2.19. The Kier molecular flexibility index (Phi) is 3.62. The van der Waals surface area contributed by atoms with Crippen molar-refractivity contribution in [1.29, 1.82) is 0 Å². The van der Waals surface area contributed by atoms with Crippen molar-refractivity contribution in [3.63, 3.8) is 0 Å². The molecule has 0 saturated carbocycles. The van der Waals surface area contributed by atoms with E-state index in [2.05, 4.69) is 15.6 Å². The van der Waals surface area contributed by atoms with Crippen LogP contribution in [0.15, 0.2) is 42.5 Å². The highest BCUT2D eigenvalue weighted by atomic mass is 16.7. The van der Waals surface area contributed by atoms with E-state index in [1.54, 1.807) is 18.2 Å². The Bertz CT molecular complexity index is 893. The molecule has 2 aromatic carbocycles. The number of aromatic nitrogens is 3. The van der Waals surface area contributed by atoms with Gasteiger partial charge >= 0.3 is 0 Å². The topological polar surface area (TPSA) is 87.5 Å². The van der Waals surface area contributed by atoms with E-state index in [0.717, 1.165) is 0 Å². The van der Waals surface area contributed by atoms with Gasteiger partial charge in [-0.1, -0.05) is 17.0 Å². The third kappa shape index (κ3) is 2.81. The second-order valence-electron chi connectivity index (χ2n) is 5.13. The highest BCUT2D eigenvalue weighted by Crippen LogP contribution is 2.32. The Labute approximate surface area is 136 Å². The third-order valence-corrected chi connectivity index (χ3v) is 3.47. The molecule has 1 amide bonds. The summed E-state index contributed by atoms with van der Waals surface area (Å²) in [5.74, 6) is 0.970. The van der Waals surface area contributed by atoms with Gasteiger partial charge in [0.2, 0.25) is 0 Å². The summed E-state index contributed by atoms with van der Waals surface area (Å²) in [6.45, 7) is 0.826. The summed E-state index contributed by atoms with van der Waals surface area (Å²) in [5, 5.41) is 10.6. The van der Waals surface area contributed by atoms with Crippen LogP contribution in [0.5, 0.6) is 11.5 Å². The van der Waals surface area contributed by atoms with Crippen LogP contribution in [0, 0.1) is 0 Å². The molecule has 1 aliphatic heterocycles. The molecule has 122 valence electrons. The first-order chi connectivity index (χ1) is 11.8. The molecule has 0 radical (unpaired) electrons. The zero-order valence-electron chi connectivity index (χ0n) is 12.6. The number of hydrogen-bond acceptors (Lipinski definition) is 6. The highest BCUT2D eigenvalue weighted by molar-refractivity contribution is 5.92. The Morgan fingerprint density at radius 2 is 2.00 bits per heavy atom. The average Bonchev–Trinajstić information content (AvgIpc) is 3.03. The predicted molar refractivity (Wildman–Crippen MR) is 85.0 cm³/mol. The molecule has 0 atom stereocenters. The minimum absolute atomic E-state index is 0.193. The largest absolute Gasteiger partial charge is 0.486 e. The van der Waals surface area contributed by atoms with Crippen molar-refractivity contribution in [3.05, 3.63) is 42.5 Å². The number of hydrogen-bond donors (Lipinski definition) is 1. The molecule has 1 aliphatic rings. The first kappa shape index (κ1) is 14.3. The lowest BCUT2D eigenvalue weighted by atomic mass is 10.2. The van der Waals surface area contributed by atoms with Crippen LogP contribution in [0.25, 0.3) is 11.0 Å². The van der Waals surface area contributed by atoms with Crippen molar-refractivity contribution in [3.8, 4) is 11.5 Å². The number of rotatable bonds is 4. The fourth-order valence-electron chi connectivity index (χ4n) is 2.38. The molecule has 0 bridgehead atoms. The molecular formula is C16H14N4O4. The standard InChI is InChI=1S/C16H14N4O4/c21-16(10-24-20-13-4-2-1-3-12(13)18-19-20)17-11-5-6-14-15(9-11)23-8-7-22-14/h1-6,9H,7-8,10H2,(H,17,21). The maximum Gasteiger partial charge on any atom is 0.265 e. The van der Waals surface area contributed by atoms with Crippen molar-refractivity contribution in [2.45, 2.75) is 0 Å². The van der Waals surface area contributed by atoms with Gasteiger partial charge in [-0.25, -0.2) is 0 Å². The zero-order chi connectivity index (χ0) is 16.4. The molecule has 8 heteroatoms. The molecule has 3 aromatic rings. The van der Waals surface area contributed by atoms with Gasteiger partial charge in [0.15, 0.2) is 18.1 Å². The van der Waals surface area contributed by atoms with E-state index >= 15 is 0 Å². The minimum Gasteiger partial charge on any atom is -0.486 e. The number of fused-ring (bicyclic) bond motifs is 2. The van der Waals surface area contributed by atoms with Gasteiger partial charge in [-0.05, 0) is 29.5 Å². The van der Waals surface area contributed by atoms with Crippen molar-refractivity contribution in [2.24, 2.45) is 0 Å². The molecule has 24 heavy (non-hydrogen) atoms. The van der Waals surface area contributed by atoms with E-state index in [1.165, 1.54) is 4.85 Å². The van der Waals surface area contributed by atoms with E-state index in [0.29, 0.717) is 41.4 Å². The SMILES string of the molecule is O=C(COn1nnc2ccccc21)Nc1ccc2c(c1)OCCO2. The monoisotopic (exact) mass is 326 g/mol. The van der Waals surface area contributed by atoms with Gasteiger partial charge in [0.05, 0.1) is 0 Å². The number of carbonyl (C=O) groups excluding carboxylic acids is 1. The number of carbonyl (C=O) groups is 1. The highest BCUT2D eigenvalue weighted by Gasteiger charge is 2.13. The lowest BCUT2D eigenvalue weighted by Crippen LogP contribution is -2.26. The van der Waals surface area contributed by atoms with Crippen LogP contribution in [-0.2, 0) is 4.79 Å². The summed E-state index contributed by atoms with van der Waals surface area (Å²) in [6, 6.07) is 12.6. The van der Waals surface area contributed by atoms with Crippen molar-refractivity contribution in [1.82, 2.24) is 15.2 Å². The maximum absolute atomic E-state index is 12.0. The Morgan fingerprint density at radius 3 is 2.92 bits per heavy atom. The first-order valence-electron chi connectivity index (χ1n) is 7.43. The molecular weight excluding hydrogens is 312 g/mol. The van der Waals surface area contributed by atoms with Gasteiger partial charge in [0.25, 0.3) is 5.91 Å². The van der Waals surface area contributed by atoms with Crippen molar-refractivity contribution >= 4 is 22.6 Å². The first-order valence-corrected chi connectivity index (χ1v) is 7.43. The average molecular weight is 326 g/mol. The summed E-state index contributed by atoms with van der Waals surface area (Å²) in [7, 11) is 0. The quantitative estimate of drug-likeness (QED) is 0.777. The van der Waals surface area contributed by atoms with Crippen LogP contribution in [0.1, 0.15) is 0 Å². The Hall–Kier alpha value is -3.29. The number of amides is 1. The number of anilines is 1. The van der Waals surface area contributed by atoms with Crippen molar-refractivity contribution in [2.75, 3.05) is 25.1 Å². The van der Waals surface area contributed by atoms with Gasteiger partial charge in [0, 0.05) is 11.8 Å². The van der Waals surface area contributed by atoms with Gasteiger partial charge in [-0.2, -0.15) is 0 Å². The minimum atomic E-state index is -0.314. The zero-order valence-corrected chi connectivity index (χ0v) is 12.6. The number of benzene rings is 2. The molecule has 0 saturated heterocycles. The van der Waals surface area contributed by atoms with Crippen LogP contribution in [0.2, 0.25) is 0 Å². The van der Waals surface area contributed by atoms with E-state index in [9.17, 15) is 4.79 Å². The van der Waals surface area contributed by atoms with Crippen LogP contribution in [-0.4, -0.2) is 40.9 Å². The summed E-state index contributed by atoms with van der Waals surface area (Å²) < 4.78 is 10.9. The fourth-order valence-corrected chi connectivity index (χ4v) is 2.38. The molecule has 4 rings (SSSR count). The van der Waals surface area contributed by atoms with Crippen molar-refractivity contribution < 1.29 is 19.1 Å². The molecule has 0 aliphatic carbocycles. The van der Waals surface area contributed by atoms with Gasteiger partial charge < -0.3 is 19.6 Å². The van der Waals surface area contributed by atoms with Crippen LogP contribution in [0.4, 0.5) is 5.69 Å². The smallest absolute Gasteiger partial charge is 0.265 e. The fraction of sp³-hybridized carbons (Fsp3) is 0.188. The maximum atomic E-state index is 12.0. The third-order valence-electron chi connectivity index (χ3n) is 3.47. The molecule has 1 N–H and O–H groups in total. The number of para-hydroxylation sites is 1. The van der Waals surface area contributed by atoms with Crippen LogP contribution in [0.3, 0.4) is 0 Å². The number of nitrogens with one attached hydrogen (secondary N) is 1. The second kappa shape index (κ2) is 6.07. The Morgan fingerprint density at radius 1 is 1.17 bits per heavy atom. The van der Waals surface area contributed by atoms with Gasteiger partial charge in [-0.3, -0.25) is 4.79 Å². The molecule has 0 fully saturated rings. The summed E-state index contributed by atoms with van der Waals surface area (Å²) in [4.78, 5) is 18.7. The van der Waals surface area contributed by atoms with Crippen LogP contribution < -0.4 is 19.6 Å². The lowest BCUT2D eigenvalue weighted by molar-refractivity contribution is -0.121. The van der Waals surface area contributed by atoms with E-state index < -0.39 is 0 Å². The molecule has 1 aromatic heterocycles.